The molecule has 8 nitrogen and oxygen atoms in total. The summed E-state index contributed by atoms with van der Waals surface area (Å²) in [5, 5.41) is 12.7. The van der Waals surface area contributed by atoms with Crippen LogP contribution in [0.15, 0.2) is 54.6 Å². The Morgan fingerprint density at radius 1 is 1.07 bits per heavy atom. The molecule has 30 heavy (non-hydrogen) atoms. The summed E-state index contributed by atoms with van der Waals surface area (Å²) in [5.74, 6) is 1.45. The Labute approximate surface area is 180 Å². The van der Waals surface area contributed by atoms with Gasteiger partial charge in [0.2, 0.25) is 0 Å². The molecule has 1 atom stereocenters. The molecule has 1 amide bonds. The molecular weight excluding hydrogens is 404 g/mol. The van der Waals surface area contributed by atoms with Crippen LogP contribution in [0.2, 0.25) is 5.02 Å². The first-order chi connectivity index (χ1) is 14.6. The number of hydrogen-bond donors (Lipinski definition) is 0. The molecule has 1 saturated heterocycles. The van der Waals surface area contributed by atoms with Crippen molar-refractivity contribution in [1.29, 1.82) is 0 Å². The number of carbonyl (C=O) groups excluding carboxylic acids is 1. The van der Waals surface area contributed by atoms with E-state index in [-0.39, 0.29) is 5.91 Å². The van der Waals surface area contributed by atoms with Gasteiger partial charge in [-0.2, -0.15) is 4.68 Å². The quantitative estimate of drug-likeness (QED) is 0.602. The van der Waals surface area contributed by atoms with Gasteiger partial charge in [-0.3, -0.25) is 9.69 Å². The molecule has 1 aromatic heterocycles. The first kappa shape index (κ1) is 20.3. The molecule has 2 aromatic carbocycles. The van der Waals surface area contributed by atoms with Crippen LogP contribution < -0.4 is 4.74 Å². The van der Waals surface area contributed by atoms with Crippen molar-refractivity contribution in [3.05, 3.63) is 65.4 Å². The van der Waals surface area contributed by atoms with Crippen molar-refractivity contribution in [3.8, 4) is 11.4 Å². The SMILES string of the molecule is CC(Oc1ccccc1)C(=O)N1CCN(Cc2nnnn2-c2ccc(Cl)cc2)CC1. The van der Waals surface area contributed by atoms with Crippen molar-refractivity contribution in [2.45, 2.75) is 19.6 Å². The van der Waals surface area contributed by atoms with E-state index in [9.17, 15) is 4.79 Å². The van der Waals surface area contributed by atoms with Crippen LogP contribution in [0.3, 0.4) is 0 Å². The highest BCUT2D eigenvalue weighted by Gasteiger charge is 2.27. The Balaban J connectivity index is 1.32. The number of tetrazole rings is 1. The molecule has 0 saturated carbocycles. The second kappa shape index (κ2) is 9.23. The molecule has 0 N–H and O–H groups in total. The molecule has 2 heterocycles. The second-order valence-electron chi connectivity index (χ2n) is 7.16. The molecule has 9 heteroatoms. The molecule has 0 radical (unpaired) electrons. The summed E-state index contributed by atoms with van der Waals surface area (Å²) in [6, 6.07) is 16.8. The Morgan fingerprint density at radius 2 is 1.77 bits per heavy atom. The predicted molar refractivity (Wildman–Crippen MR) is 113 cm³/mol. The lowest BCUT2D eigenvalue weighted by molar-refractivity contribution is -0.139. The highest BCUT2D eigenvalue weighted by molar-refractivity contribution is 6.30. The number of nitrogens with zero attached hydrogens (tertiary/aromatic N) is 6. The molecule has 4 rings (SSSR count). The Kier molecular flexibility index (Phi) is 6.25. The average molecular weight is 427 g/mol. The van der Waals surface area contributed by atoms with Gasteiger partial charge in [-0.1, -0.05) is 29.8 Å². The Bertz CT molecular complexity index is 971. The minimum Gasteiger partial charge on any atom is -0.481 e. The molecule has 1 aliphatic heterocycles. The van der Waals surface area contributed by atoms with Gasteiger partial charge >= 0.3 is 0 Å². The second-order valence-corrected chi connectivity index (χ2v) is 7.59. The maximum atomic E-state index is 12.7. The number of ether oxygens (including phenoxy) is 1. The topological polar surface area (TPSA) is 76.4 Å². The summed E-state index contributed by atoms with van der Waals surface area (Å²) in [7, 11) is 0. The fraction of sp³-hybridized carbons (Fsp3) is 0.333. The van der Waals surface area contributed by atoms with Gasteiger partial charge in [-0.25, -0.2) is 0 Å². The van der Waals surface area contributed by atoms with Crippen molar-refractivity contribution in [1.82, 2.24) is 30.0 Å². The van der Waals surface area contributed by atoms with E-state index in [1.165, 1.54) is 0 Å². The number of benzene rings is 2. The number of carbonyl (C=O) groups is 1. The maximum absolute atomic E-state index is 12.7. The van der Waals surface area contributed by atoms with Gasteiger partial charge in [-0.05, 0) is 53.7 Å². The largest absolute Gasteiger partial charge is 0.481 e. The van der Waals surface area contributed by atoms with Crippen molar-refractivity contribution in [2.75, 3.05) is 26.2 Å². The zero-order valence-electron chi connectivity index (χ0n) is 16.7. The van der Waals surface area contributed by atoms with E-state index in [4.69, 9.17) is 16.3 Å². The van der Waals surface area contributed by atoms with Crippen molar-refractivity contribution >= 4 is 17.5 Å². The smallest absolute Gasteiger partial charge is 0.263 e. The summed E-state index contributed by atoms with van der Waals surface area (Å²) in [5.41, 5.74) is 0.861. The van der Waals surface area contributed by atoms with E-state index < -0.39 is 6.10 Å². The first-order valence-corrected chi connectivity index (χ1v) is 10.2. The minimum atomic E-state index is -0.517. The van der Waals surface area contributed by atoms with Crippen molar-refractivity contribution in [3.63, 3.8) is 0 Å². The van der Waals surface area contributed by atoms with Crippen LogP contribution in [-0.2, 0) is 11.3 Å². The minimum absolute atomic E-state index is 0.00417. The van der Waals surface area contributed by atoms with Crippen LogP contribution in [0.1, 0.15) is 12.7 Å². The lowest BCUT2D eigenvalue weighted by atomic mass is 10.2. The summed E-state index contributed by atoms with van der Waals surface area (Å²) in [4.78, 5) is 16.8. The van der Waals surface area contributed by atoms with Gasteiger partial charge in [0.05, 0.1) is 12.2 Å². The van der Waals surface area contributed by atoms with E-state index in [1.54, 1.807) is 11.6 Å². The maximum Gasteiger partial charge on any atom is 0.263 e. The lowest BCUT2D eigenvalue weighted by Crippen LogP contribution is -2.51. The van der Waals surface area contributed by atoms with Gasteiger partial charge in [0.1, 0.15) is 5.75 Å². The molecule has 1 fully saturated rings. The van der Waals surface area contributed by atoms with E-state index >= 15 is 0 Å². The Hall–Kier alpha value is -2.97. The average Bonchev–Trinajstić information content (AvgIpc) is 3.23. The highest BCUT2D eigenvalue weighted by atomic mass is 35.5. The molecule has 0 aliphatic carbocycles. The molecular formula is C21H23ClN6O2. The number of rotatable bonds is 6. The third-order valence-corrected chi connectivity index (χ3v) is 5.31. The van der Waals surface area contributed by atoms with Gasteiger partial charge < -0.3 is 9.64 Å². The monoisotopic (exact) mass is 426 g/mol. The van der Waals surface area contributed by atoms with Crippen LogP contribution in [0.4, 0.5) is 0 Å². The normalized spacial score (nSPS) is 15.7. The van der Waals surface area contributed by atoms with Crippen LogP contribution >= 0.6 is 11.6 Å². The fourth-order valence-electron chi connectivity index (χ4n) is 3.42. The standard InChI is InChI=1S/C21H23ClN6O2/c1-16(30-19-5-3-2-4-6-19)21(29)27-13-11-26(12-14-27)15-20-23-24-25-28(20)18-9-7-17(22)8-10-18/h2-10,16H,11-15H2,1H3. The molecule has 1 aliphatic rings. The third-order valence-electron chi connectivity index (χ3n) is 5.06. The van der Waals surface area contributed by atoms with Crippen molar-refractivity contribution < 1.29 is 9.53 Å². The van der Waals surface area contributed by atoms with Gasteiger partial charge in [0.25, 0.3) is 5.91 Å². The van der Waals surface area contributed by atoms with Gasteiger partial charge in [-0.15, -0.1) is 5.10 Å². The molecule has 1 unspecified atom stereocenters. The number of para-hydroxylation sites is 1. The van der Waals surface area contributed by atoms with E-state index in [0.717, 1.165) is 24.6 Å². The first-order valence-electron chi connectivity index (χ1n) is 9.86. The summed E-state index contributed by atoms with van der Waals surface area (Å²) >= 11 is 5.96. The van der Waals surface area contributed by atoms with Crippen LogP contribution in [0.25, 0.3) is 5.69 Å². The summed E-state index contributed by atoms with van der Waals surface area (Å²) in [6.07, 6.45) is -0.517. The lowest BCUT2D eigenvalue weighted by Gasteiger charge is -2.35. The van der Waals surface area contributed by atoms with E-state index in [0.29, 0.717) is 30.4 Å². The van der Waals surface area contributed by atoms with Gasteiger partial charge in [0, 0.05) is 31.2 Å². The van der Waals surface area contributed by atoms with Gasteiger partial charge in [0.15, 0.2) is 11.9 Å². The fourth-order valence-corrected chi connectivity index (χ4v) is 3.55. The zero-order chi connectivity index (χ0) is 20.9. The predicted octanol–water partition coefficient (Wildman–Crippen LogP) is 2.43. The summed E-state index contributed by atoms with van der Waals surface area (Å²) in [6.45, 7) is 5.18. The van der Waals surface area contributed by atoms with Crippen LogP contribution in [0.5, 0.6) is 5.75 Å². The molecule has 0 spiro atoms. The van der Waals surface area contributed by atoms with Crippen LogP contribution in [0, 0.1) is 0 Å². The molecule has 3 aromatic rings. The molecule has 0 bridgehead atoms. The number of piperazine rings is 1. The van der Waals surface area contributed by atoms with Crippen molar-refractivity contribution in [2.24, 2.45) is 0 Å². The van der Waals surface area contributed by atoms with E-state index in [1.807, 2.05) is 59.5 Å². The summed E-state index contributed by atoms with van der Waals surface area (Å²) < 4.78 is 7.48. The Morgan fingerprint density at radius 3 is 2.47 bits per heavy atom. The number of halogens is 1. The third kappa shape index (κ3) is 4.77. The number of amides is 1. The number of hydrogen-bond acceptors (Lipinski definition) is 6. The van der Waals surface area contributed by atoms with E-state index in [2.05, 4.69) is 20.4 Å². The van der Waals surface area contributed by atoms with Crippen LogP contribution in [-0.4, -0.2) is 68.2 Å². The zero-order valence-corrected chi connectivity index (χ0v) is 17.4. The molecule has 156 valence electrons. The highest BCUT2D eigenvalue weighted by Crippen LogP contribution is 2.16. The number of aromatic nitrogens is 4.